The molecule has 0 bridgehead atoms. The Morgan fingerprint density at radius 3 is 2.83 bits per heavy atom. The number of nitrogens with zero attached hydrogens (tertiary/aromatic N) is 3. The van der Waals surface area contributed by atoms with Crippen molar-refractivity contribution in [2.45, 2.75) is 52.1 Å². The Kier molecular flexibility index (Phi) is 3.50. The fourth-order valence-corrected chi connectivity index (χ4v) is 2.61. The molecule has 1 N–H and O–H groups in total. The lowest BCUT2D eigenvalue weighted by Crippen LogP contribution is -2.36. The quantitative estimate of drug-likeness (QED) is 0.890. The fraction of sp³-hybridized carbons (Fsp3) is 0.615. The molecule has 0 saturated carbocycles. The maximum atomic E-state index is 11.0. The number of aryl methyl sites for hydroxylation is 1. The van der Waals surface area contributed by atoms with Crippen LogP contribution in [0.5, 0.6) is 0 Å². The lowest BCUT2D eigenvalue weighted by molar-refractivity contribution is 0.0690. The van der Waals surface area contributed by atoms with Gasteiger partial charge in [-0.2, -0.15) is 0 Å². The zero-order valence-corrected chi connectivity index (χ0v) is 11.1. The third kappa shape index (κ3) is 2.30. The topological polar surface area (TPSA) is 66.3 Å². The SMILES string of the molecule is CCC1CCC(C)N1c1nc(C)cc(C(=O)O)n1. The van der Waals surface area contributed by atoms with Crippen LogP contribution in [0.3, 0.4) is 0 Å². The van der Waals surface area contributed by atoms with Gasteiger partial charge in [-0.25, -0.2) is 14.8 Å². The average molecular weight is 249 g/mol. The molecule has 0 aliphatic carbocycles. The summed E-state index contributed by atoms with van der Waals surface area (Å²) in [5, 5.41) is 9.06. The average Bonchev–Trinajstić information content (AvgIpc) is 2.69. The number of aromatic carboxylic acids is 1. The Hall–Kier alpha value is -1.65. The molecule has 0 amide bonds. The van der Waals surface area contributed by atoms with Crippen molar-refractivity contribution < 1.29 is 9.90 Å². The van der Waals surface area contributed by atoms with Gasteiger partial charge < -0.3 is 10.0 Å². The van der Waals surface area contributed by atoms with E-state index in [1.807, 2.05) is 0 Å². The number of aromatic nitrogens is 2. The summed E-state index contributed by atoms with van der Waals surface area (Å²) in [7, 11) is 0. The maximum absolute atomic E-state index is 11.0. The van der Waals surface area contributed by atoms with Gasteiger partial charge in [0.15, 0.2) is 5.69 Å². The highest BCUT2D eigenvalue weighted by molar-refractivity contribution is 5.85. The summed E-state index contributed by atoms with van der Waals surface area (Å²) < 4.78 is 0. The summed E-state index contributed by atoms with van der Waals surface area (Å²) in [5.74, 6) is -0.439. The van der Waals surface area contributed by atoms with E-state index in [1.54, 1.807) is 6.92 Å². The van der Waals surface area contributed by atoms with Crippen molar-refractivity contribution in [3.8, 4) is 0 Å². The van der Waals surface area contributed by atoms with Crippen LogP contribution in [-0.4, -0.2) is 33.1 Å². The number of hydrogen-bond donors (Lipinski definition) is 1. The van der Waals surface area contributed by atoms with E-state index in [9.17, 15) is 4.79 Å². The molecule has 18 heavy (non-hydrogen) atoms. The molecule has 1 aromatic rings. The van der Waals surface area contributed by atoms with Gasteiger partial charge in [0, 0.05) is 17.8 Å². The summed E-state index contributed by atoms with van der Waals surface area (Å²) in [4.78, 5) is 21.8. The molecule has 0 radical (unpaired) electrons. The van der Waals surface area contributed by atoms with Crippen molar-refractivity contribution in [3.05, 3.63) is 17.5 Å². The molecule has 1 fully saturated rings. The Morgan fingerprint density at radius 1 is 1.50 bits per heavy atom. The van der Waals surface area contributed by atoms with E-state index in [4.69, 9.17) is 5.11 Å². The minimum Gasteiger partial charge on any atom is -0.477 e. The molecule has 0 aromatic carbocycles. The smallest absolute Gasteiger partial charge is 0.354 e. The number of anilines is 1. The standard InChI is InChI=1S/C13H19N3O2/c1-4-10-6-5-9(3)16(10)13-14-8(2)7-11(15-13)12(17)18/h7,9-10H,4-6H2,1-3H3,(H,17,18). The van der Waals surface area contributed by atoms with Gasteiger partial charge in [0.1, 0.15) is 0 Å². The second-order valence-electron chi connectivity index (χ2n) is 4.90. The summed E-state index contributed by atoms with van der Waals surface area (Å²) in [6.07, 6.45) is 3.26. The molecular weight excluding hydrogens is 230 g/mol. The van der Waals surface area contributed by atoms with Crippen molar-refractivity contribution in [1.29, 1.82) is 0 Å². The third-order valence-corrected chi connectivity index (χ3v) is 3.55. The minimum atomic E-state index is -0.998. The van der Waals surface area contributed by atoms with Crippen LogP contribution in [0, 0.1) is 6.92 Å². The molecule has 2 heterocycles. The number of carboxylic acids is 1. The first-order valence-corrected chi connectivity index (χ1v) is 6.40. The first kappa shape index (κ1) is 12.8. The van der Waals surface area contributed by atoms with Crippen LogP contribution in [0.1, 0.15) is 49.3 Å². The maximum Gasteiger partial charge on any atom is 0.354 e. The fourth-order valence-electron chi connectivity index (χ4n) is 2.61. The molecule has 1 saturated heterocycles. The lowest BCUT2D eigenvalue weighted by Gasteiger charge is -2.28. The summed E-state index contributed by atoms with van der Waals surface area (Å²) in [6, 6.07) is 2.30. The van der Waals surface area contributed by atoms with E-state index >= 15 is 0 Å². The Balaban J connectivity index is 2.40. The van der Waals surface area contributed by atoms with Gasteiger partial charge in [0.25, 0.3) is 0 Å². The highest BCUT2D eigenvalue weighted by Crippen LogP contribution is 2.29. The first-order chi connectivity index (χ1) is 8.52. The van der Waals surface area contributed by atoms with Gasteiger partial charge >= 0.3 is 5.97 Å². The second kappa shape index (κ2) is 4.92. The van der Waals surface area contributed by atoms with Crippen molar-refractivity contribution in [1.82, 2.24) is 9.97 Å². The van der Waals surface area contributed by atoms with Crippen LogP contribution in [0.4, 0.5) is 5.95 Å². The van der Waals surface area contributed by atoms with E-state index in [2.05, 4.69) is 28.7 Å². The molecule has 2 rings (SSSR count). The Morgan fingerprint density at radius 2 is 2.22 bits per heavy atom. The van der Waals surface area contributed by atoms with E-state index in [-0.39, 0.29) is 5.69 Å². The van der Waals surface area contributed by atoms with Crippen LogP contribution in [0.2, 0.25) is 0 Å². The van der Waals surface area contributed by atoms with Gasteiger partial charge in [-0.15, -0.1) is 0 Å². The van der Waals surface area contributed by atoms with Crippen LogP contribution in [0.25, 0.3) is 0 Å². The Labute approximate surface area is 107 Å². The molecule has 1 aromatic heterocycles. The summed E-state index contributed by atoms with van der Waals surface area (Å²) >= 11 is 0. The van der Waals surface area contributed by atoms with Gasteiger partial charge in [-0.05, 0) is 39.2 Å². The number of carboxylic acid groups (broad SMARTS) is 1. The molecule has 2 atom stereocenters. The number of hydrogen-bond acceptors (Lipinski definition) is 4. The van der Waals surface area contributed by atoms with Crippen LogP contribution in [0.15, 0.2) is 6.07 Å². The minimum absolute atomic E-state index is 0.0754. The second-order valence-corrected chi connectivity index (χ2v) is 4.90. The number of rotatable bonds is 3. The normalized spacial score (nSPS) is 23.4. The molecule has 2 unspecified atom stereocenters. The van der Waals surface area contributed by atoms with Crippen LogP contribution in [-0.2, 0) is 0 Å². The third-order valence-electron chi connectivity index (χ3n) is 3.55. The van der Waals surface area contributed by atoms with Gasteiger partial charge in [0.05, 0.1) is 0 Å². The Bertz CT molecular complexity index is 462. The lowest BCUT2D eigenvalue weighted by atomic mass is 10.2. The van der Waals surface area contributed by atoms with Crippen molar-refractivity contribution in [2.75, 3.05) is 4.90 Å². The van der Waals surface area contributed by atoms with E-state index in [0.717, 1.165) is 19.3 Å². The molecule has 1 aliphatic rings. The molecule has 5 heteroatoms. The van der Waals surface area contributed by atoms with Crippen LogP contribution < -0.4 is 4.90 Å². The highest BCUT2D eigenvalue weighted by Gasteiger charge is 2.31. The van der Waals surface area contributed by atoms with Gasteiger partial charge in [0.2, 0.25) is 5.95 Å². The molecule has 0 spiro atoms. The van der Waals surface area contributed by atoms with Crippen molar-refractivity contribution >= 4 is 11.9 Å². The predicted molar refractivity (Wildman–Crippen MR) is 69.0 cm³/mol. The van der Waals surface area contributed by atoms with Crippen molar-refractivity contribution in [3.63, 3.8) is 0 Å². The molecule has 5 nitrogen and oxygen atoms in total. The number of carbonyl (C=O) groups is 1. The monoisotopic (exact) mass is 249 g/mol. The van der Waals surface area contributed by atoms with Crippen LogP contribution >= 0.6 is 0 Å². The van der Waals surface area contributed by atoms with E-state index in [1.165, 1.54) is 6.07 Å². The molecular formula is C13H19N3O2. The van der Waals surface area contributed by atoms with Crippen molar-refractivity contribution in [2.24, 2.45) is 0 Å². The summed E-state index contributed by atoms with van der Waals surface area (Å²) in [5.41, 5.74) is 0.776. The summed E-state index contributed by atoms with van der Waals surface area (Å²) in [6.45, 7) is 6.09. The molecule has 98 valence electrons. The van der Waals surface area contributed by atoms with E-state index in [0.29, 0.717) is 23.7 Å². The van der Waals surface area contributed by atoms with Gasteiger partial charge in [-0.3, -0.25) is 0 Å². The molecule has 1 aliphatic heterocycles. The highest BCUT2D eigenvalue weighted by atomic mass is 16.4. The van der Waals surface area contributed by atoms with Gasteiger partial charge in [-0.1, -0.05) is 6.92 Å². The largest absolute Gasteiger partial charge is 0.477 e. The zero-order chi connectivity index (χ0) is 13.3. The predicted octanol–water partition coefficient (Wildman–Crippen LogP) is 2.25. The van der Waals surface area contributed by atoms with E-state index < -0.39 is 5.97 Å². The first-order valence-electron chi connectivity index (χ1n) is 6.40. The zero-order valence-electron chi connectivity index (χ0n) is 11.1.